The van der Waals surface area contributed by atoms with Crippen molar-refractivity contribution in [2.45, 2.75) is 26.3 Å². The van der Waals surface area contributed by atoms with Gasteiger partial charge in [-0.25, -0.2) is 29.0 Å². The zero-order valence-corrected chi connectivity index (χ0v) is 17.9. The van der Waals surface area contributed by atoms with Gasteiger partial charge in [-0.15, -0.1) is 0 Å². The minimum atomic E-state index is -0.351. The van der Waals surface area contributed by atoms with Gasteiger partial charge in [0, 0.05) is 29.1 Å². The van der Waals surface area contributed by atoms with Crippen LogP contribution in [0.4, 0.5) is 10.3 Å². The average molecular weight is 428 g/mol. The molecule has 32 heavy (non-hydrogen) atoms. The number of anilines is 1. The zero-order valence-electron chi connectivity index (χ0n) is 17.9. The van der Waals surface area contributed by atoms with Gasteiger partial charge in [0.25, 0.3) is 0 Å². The molecule has 0 atom stereocenters. The van der Waals surface area contributed by atoms with Crippen LogP contribution in [0.5, 0.6) is 0 Å². The molecule has 0 aliphatic heterocycles. The van der Waals surface area contributed by atoms with Crippen molar-refractivity contribution in [3.63, 3.8) is 0 Å². The van der Waals surface area contributed by atoms with Gasteiger partial charge >= 0.3 is 0 Å². The van der Waals surface area contributed by atoms with Crippen LogP contribution in [0, 0.1) is 5.82 Å². The number of hydrogen-bond acceptors (Lipinski definition) is 6. The Balaban J connectivity index is 1.77. The summed E-state index contributed by atoms with van der Waals surface area (Å²) >= 11 is 0. The lowest BCUT2D eigenvalue weighted by molar-refractivity contribution is 0.413. The minimum absolute atomic E-state index is 0.223. The van der Waals surface area contributed by atoms with Crippen LogP contribution < -0.4 is 5.73 Å². The summed E-state index contributed by atoms with van der Waals surface area (Å²) in [5.41, 5.74) is 10.1. The smallest absolute Gasteiger partial charge is 0.219 e. The van der Waals surface area contributed by atoms with Gasteiger partial charge in [-0.1, -0.05) is 6.07 Å². The highest BCUT2D eigenvalue weighted by Crippen LogP contribution is 2.35. The van der Waals surface area contributed by atoms with Crippen LogP contribution in [0.3, 0.4) is 0 Å². The van der Waals surface area contributed by atoms with Gasteiger partial charge in [0.15, 0.2) is 0 Å². The molecule has 0 aliphatic rings. The van der Waals surface area contributed by atoms with Crippen molar-refractivity contribution in [1.82, 2.24) is 34.3 Å². The Morgan fingerprint density at radius 1 is 0.969 bits per heavy atom. The van der Waals surface area contributed by atoms with Crippen LogP contribution in [0.15, 0.2) is 61.4 Å². The molecule has 2 N–H and O–H groups in total. The summed E-state index contributed by atoms with van der Waals surface area (Å²) in [5.74, 6) is 0.514. The van der Waals surface area contributed by atoms with Crippen molar-refractivity contribution in [2.75, 3.05) is 5.73 Å². The fraction of sp³-hybridized carbons (Fsp3) is 0.174. The van der Waals surface area contributed by atoms with Gasteiger partial charge in [0.2, 0.25) is 5.95 Å². The number of nitrogen functional groups attached to an aromatic ring is 1. The summed E-state index contributed by atoms with van der Waals surface area (Å²) in [6.45, 7) is 6.27. The summed E-state index contributed by atoms with van der Waals surface area (Å²) in [7, 11) is 0. The van der Waals surface area contributed by atoms with Gasteiger partial charge in [0.1, 0.15) is 24.3 Å². The molecule has 8 nitrogen and oxygen atoms in total. The molecule has 0 bridgehead atoms. The Hall–Kier alpha value is -4.14. The van der Waals surface area contributed by atoms with E-state index in [9.17, 15) is 4.39 Å². The SMILES string of the molecule is CC(C)(C)n1c(-c2cc(F)ccc2-n2cncn2)nc2cc(-c3cnc(N)nc3)ccc21. The summed E-state index contributed by atoms with van der Waals surface area (Å²) in [4.78, 5) is 17.1. The van der Waals surface area contributed by atoms with E-state index in [1.54, 1.807) is 29.5 Å². The van der Waals surface area contributed by atoms with Gasteiger partial charge in [-0.3, -0.25) is 0 Å². The number of aromatic nitrogens is 7. The number of rotatable bonds is 3. The molecule has 3 aromatic heterocycles. The van der Waals surface area contributed by atoms with Crippen LogP contribution in [0.25, 0.3) is 39.2 Å². The first-order valence-electron chi connectivity index (χ1n) is 10.1. The predicted octanol–water partition coefficient (Wildman–Crippen LogP) is 4.22. The standard InChI is InChI=1S/C23H21FN8/c1-23(2,3)32-20-6-4-14(15-10-27-22(25)28-11-15)8-18(20)30-21(32)17-9-16(24)5-7-19(17)31-13-26-12-29-31/h4-13H,1-3H3,(H2,25,27,28). The van der Waals surface area contributed by atoms with Crippen molar-refractivity contribution in [2.24, 2.45) is 0 Å². The number of imidazole rings is 1. The first-order chi connectivity index (χ1) is 15.3. The van der Waals surface area contributed by atoms with Crippen molar-refractivity contribution in [3.8, 4) is 28.2 Å². The van der Waals surface area contributed by atoms with E-state index in [0.29, 0.717) is 17.1 Å². The summed E-state index contributed by atoms with van der Waals surface area (Å²) in [6.07, 6.45) is 6.39. The number of halogens is 1. The second kappa shape index (κ2) is 7.23. The monoisotopic (exact) mass is 428 g/mol. The largest absolute Gasteiger partial charge is 0.368 e. The van der Waals surface area contributed by atoms with Crippen LogP contribution >= 0.6 is 0 Å². The Morgan fingerprint density at radius 3 is 2.44 bits per heavy atom. The van der Waals surface area contributed by atoms with E-state index in [1.807, 2.05) is 18.2 Å². The van der Waals surface area contributed by atoms with E-state index in [4.69, 9.17) is 10.7 Å². The van der Waals surface area contributed by atoms with E-state index >= 15 is 0 Å². The lowest BCUT2D eigenvalue weighted by atomic mass is 10.0. The number of hydrogen-bond donors (Lipinski definition) is 1. The number of fused-ring (bicyclic) bond motifs is 1. The fourth-order valence-electron chi connectivity index (χ4n) is 3.83. The van der Waals surface area contributed by atoms with Crippen LogP contribution in [0.2, 0.25) is 0 Å². The van der Waals surface area contributed by atoms with E-state index in [2.05, 4.69) is 45.4 Å². The van der Waals surface area contributed by atoms with Gasteiger partial charge in [-0.05, 0) is 56.7 Å². The Morgan fingerprint density at radius 2 is 1.75 bits per heavy atom. The predicted molar refractivity (Wildman–Crippen MR) is 120 cm³/mol. The molecule has 0 saturated carbocycles. The first-order valence-corrected chi connectivity index (χ1v) is 10.1. The Kier molecular flexibility index (Phi) is 4.47. The summed E-state index contributed by atoms with van der Waals surface area (Å²) < 4.78 is 18.1. The highest BCUT2D eigenvalue weighted by Gasteiger charge is 2.25. The number of nitrogens with zero attached hydrogens (tertiary/aromatic N) is 7. The second-order valence-electron chi connectivity index (χ2n) is 8.48. The second-order valence-corrected chi connectivity index (χ2v) is 8.48. The first kappa shape index (κ1) is 19.8. The van der Waals surface area contributed by atoms with Gasteiger partial charge < -0.3 is 10.3 Å². The van der Waals surface area contributed by atoms with Crippen molar-refractivity contribution in [3.05, 3.63) is 67.3 Å². The maximum Gasteiger partial charge on any atom is 0.219 e. The molecule has 0 saturated heterocycles. The molecule has 160 valence electrons. The van der Waals surface area contributed by atoms with Crippen LogP contribution in [-0.4, -0.2) is 34.3 Å². The number of nitrogens with two attached hydrogens (primary N) is 1. The zero-order chi connectivity index (χ0) is 22.5. The third-order valence-electron chi connectivity index (χ3n) is 5.20. The van der Waals surface area contributed by atoms with E-state index < -0.39 is 0 Å². The molecule has 5 aromatic rings. The molecular formula is C23H21FN8. The Bertz CT molecular complexity index is 1410. The third-order valence-corrected chi connectivity index (χ3v) is 5.20. The van der Waals surface area contributed by atoms with E-state index in [1.165, 1.54) is 18.5 Å². The summed E-state index contributed by atoms with van der Waals surface area (Å²) in [6, 6.07) is 10.6. The molecule has 3 heterocycles. The third kappa shape index (κ3) is 3.37. The highest BCUT2D eigenvalue weighted by atomic mass is 19.1. The topological polar surface area (TPSA) is 100 Å². The molecule has 0 amide bonds. The Labute approximate surface area is 183 Å². The molecule has 5 rings (SSSR count). The molecule has 9 heteroatoms. The van der Waals surface area contributed by atoms with Crippen molar-refractivity contribution in [1.29, 1.82) is 0 Å². The quantitative estimate of drug-likeness (QED) is 0.462. The van der Waals surface area contributed by atoms with Crippen LogP contribution in [-0.2, 0) is 5.54 Å². The highest BCUT2D eigenvalue weighted by molar-refractivity contribution is 5.87. The average Bonchev–Trinajstić information content (AvgIpc) is 3.41. The molecule has 0 aliphatic carbocycles. The molecule has 2 aromatic carbocycles. The lowest BCUT2D eigenvalue weighted by Gasteiger charge is -2.25. The molecule has 0 spiro atoms. The molecule has 0 fully saturated rings. The number of benzene rings is 2. The normalized spacial score (nSPS) is 11.9. The maximum atomic E-state index is 14.4. The van der Waals surface area contributed by atoms with Crippen molar-refractivity contribution >= 4 is 17.0 Å². The van der Waals surface area contributed by atoms with Gasteiger partial charge in [0.05, 0.1) is 16.7 Å². The van der Waals surface area contributed by atoms with Gasteiger partial charge in [-0.2, -0.15) is 5.10 Å². The van der Waals surface area contributed by atoms with E-state index in [0.717, 1.165) is 22.2 Å². The van der Waals surface area contributed by atoms with E-state index in [-0.39, 0.29) is 17.3 Å². The summed E-state index contributed by atoms with van der Waals surface area (Å²) in [5, 5.41) is 4.23. The maximum absolute atomic E-state index is 14.4. The minimum Gasteiger partial charge on any atom is -0.368 e. The van der Waals surface area contributed by atoms with Crippen molar-refractivity contribution < 1.29 is 4.39 Å². The fourth-order valence-corrected chi connectivity index (χ4v) is 3.83. The lowest BCUT2D eigenvalue weighted by Crippen LogP contribution is -2.23. The molecule has 0 radical (unpaired) electrons. The van der Waals surface area contributed by atoms with Crippen LogP contribution in [0.1, 0.15) is 20.8 Å². The molecule has 0 unspecified atom stereocenters. The molecular weight excluding hydrogens is 407 g/mol.